The lowest BCUT2D eigenvalue weighted by Gasteiger charge is -2.31. The van der Waals surface area contributed by atoms with E-state index in [1.807, 2.05) is 0 Å². The van der Waals surface area contributed by atoms with Crippen molar-refractivity contribution < 1.29 is 27.9 Å². The Hall–Kier alpha value is -3.62. The predicted octanol–water partition coefficient (Wildman–Crippen LogP) is 3.92. The molecule has 1 fully saturated rings. The van der Waals surface area contributed by atoms with Crippen molar-refractivity contribution >= 4 is 5.91 Å². The largest absolute Gasteiger partial charge is 0.493 e. The van der Waals surface area contributed by atoms with Gasteiger partial charge in [-0.2, -0.15) is 4.98 Å². The number of rotatable bonds is 6. The molecule has 2 aromatic carbocycles. The number of likely N-dealkylation sites (tertiary alicyclic amines) is 1. The molecular formula is C23H24FN3O5. The number of halogens is 1. The summed E-state index contributed by atoms with van der Waals surface area (Å²) < 4.78 is 35.2. The fourth-order valence-electron chi connectivity index (χ4n) is 3.90. The molecule has 1 saturated heterocycles. The normalized spacial score (nSPS) is 16.0. The number of carbonyl (C=O) groups excluding carboxylic acids is 1. The number of hydrogen-bond acceptors (Lipinski definition) is 7. The molecule has 168 valence electrons. The van der Waals surface area contributed by atoms with Crippen molar-refractivity contribution in [2.24, 2.45) is 0 Å². The number of methoxy groups -OCH3 is 3. The Kier molecular flexibility index (Phi) is 6.25. The van der Waals surface area contributed by atoms with Crippen molar-refractivity contribution in [3.05, 3.63) is 53.7 Å². The Labute approximate surface area is 184 Å². The fraction of sp³-hybridized carbons (Fsp3) is 0.348. The number of hydrogen-bond donors (Lipinski definition) is 0. The van der Waals surface area contributed by atoms with Crippen LogP contribution < -0.4 is 14.2 Å². The lowest BCUT2D eigenvalue weighted by Crippen LogP contribution is -2.39. The number of aromatic nitrogens is 2. The quantitative estimate of drug-likeness (QED) is 0.573. The van der Waals surface area contributed by atoms with Crippen LogP contribution in [0.15, 0.2) is 40.9 Å². The van der Waals surface area contributed by atoms with Crippen LogP contribution in [0.5, 0.6) is 17.2 Å². The Morgan fingerprint density at radius 2 is 1.88 bits per heavy atom. The second-order valence-electron chi connectivity index (χ2n) is 7.47. The summed E-state index contributed by atoms with van der Waals surface area (Å²) in [7, 11) is 4.61. The van der Waals surface area contributed by atoms with Gasteiger partial charge >= 0.3 is 0 Å². The van der Waals surface area contributed by atoms with E-state index in [1.54, 1.807) is 23.1 Å². The summed E-state index contributed by atoms with van der Waals surface area (Å²) in [5, 5.41) is 4.12. The first-order valence-corrected chi connectivity index (χ1v) is 10.2. The van der Waals surface area contributed by atoms with Gasteiger partial charge in [0, 0.05) is 24.2 Å². The van der Waals surface area contributed by atoms with E-state index in [9.17, 15) is 9.18 Å². The van der Waals surface area contributed by atoms with Gasteiger partial charge in [0.1, 0.15) is 5.82 Å². The van der Waals surface area contributed by atoms with Gasteiger partial charge in [0.05, 0.1) is 27.2 Å². The van der Waals surface area contributed by atoms with Gasteiger partial charge in [-0.1, -0.05) is 11.2 Å². The highest BCUT2D eigenvalue weighted by Gasteiger charge is 2.29. The number of carbonyl (C=O) groups is 1. The van der Waals surface area contributed by atoms with E-state index in [2.05, 4.69) is 10.1 Å². The van der Waals surface area contributed by atoms with Crippen molar-refractivity contribution in [1.82, 2.24) is 15.0 Å². The third-order valence-corrected chi connectivity index (χ3v) is 5.49. The topological polar surface area (TPSA) is 86.9 Å². The molecule has 1 amide bonds. The van der Waals surface area contributed by atoms with Gasteiger partial charge in [0.2, 0.25) is 17.5 Å². The van der Waals surface area contributed by atoms with Crippen LogP contribution in [0, 0.1) is 5.82 Å². The van der Waals surface area contributed by atoms with E-state index >= 15 is 0 Å². The van der Waals surface area contributed by atoms with Crippen LogP contribution in [0.25, 0.3) is 11.4 Å². The molecule has 0 aliphatic carbocycles. The average Bonchev–Trinajstić information content (AvgIpc) is 3.33. The Bertz CT molecular complexity index is 1090. The third-order valence-electron chi connectivity index (χ3n) is 5.49. The molecule has 1 aromatic heterocycles. The molecule has 4 rings (SSSR count). The Morgan fingerprint density at radius 1 is 1.12 bits per heavy atom. The monoisotopic (exact) mass is 441 g/mol. The summed E-state index contributed by atoms with van der Waals surface area (Å²) in [5.74, 6) is 1.52. The minimum Gasteiger partial charge on any atom is -0.493 e. The molecular weight excluding hydrogens is 417 g/mol. The summed E-state index contributed by atoms with van der Waals surface area (Å²) in [6.07, 6.45) is 1.59. The van der Waals surface area contributed by atoms with Gasteiger partial charge in [-0.25, -0.2) is 4.39 Å². The zero-order valence-electron chi connectivity index (χ0n) is 18.1. The highest BCUT2D eigenvalue weighted by molar-refractivity contribution is 5.94. The second-order valence-corrected chi connectivity index (χ2v) is 7.47. The lowest BCUT2D eigenvalue weighted by atomic mass is 9.97. The van der Waals surface area contributed by atoms with Crippen molar-refractivity contribution in [3.63, 3.8) is 0 Å². The molecule has 2 heterocycles. The SMILES string of the molecule is COc1cc(-c2noc(C3CCCN(C(=O)c4cccc(F)c4)C3)n2)cc(OC)c1OC. The van der Waals surface area contributed by atoms with Gasteiger partial charge < -0.3 is 23.6 Å². The smallest absolute Gasteiger partial charge is 0.253 e. The summed E-state index contributed by atoms with van der Waals surface area (Å²) in [4.78, 5) is 19.1. The fourth-order valence-corrected chi connectivity index (χ4v) is 3.90. The summed E-state index contributed by atoms with van der Waals surface area (Å²) in [6.45, 7) is 1.02. The maximum absolute atomic E-state index is 13.5. The standard InChI is InChI=1S/C23H24FN3O5/c1-29-18-11-16(12-19(30-2)20(18)31-3)21-25-22(32-26-21)15-7-5-9-27(13-15)23(28)14-6-4-8-17(24)10-14/h4,6,8,10-12,15H,5,7,9,13H2,1-3H3. The van der Waals surface area contributed by atoms with E-state index in [0.29, 0.717) is 53.2 Å². The molecule has 0 radical (unpaired) electrons. The van der Waals surface area contributed by atoms with E-state index in [1.165, 1.54) is 39.5 Å². The zero-order valence-corrected chi connectivity index (χ0v) is 18.1. The van der Waals surface area contributed by atoms with Crippen molar-refractivity contribution in [2.45, 2.75) is 18.8 Å². The first kappa shape index (κ1) is 21.6. The van der Waals surface area contributed by atoms with Gasteiger partial charge in [-0.15, -0.1) is 0 Å². The lowest BCUT2D eigenvalue weighted by molar-refractivity contribution is 0.0695. The van der Waals surface area contributed by atoms with Gasteiger partial charge in [-0.05, 0) is 43.2 Å². The Balaban J connectivity index is 1.55. The Morgan fingerprint density at radius 3 is 2.53 bits per heavy atom. The zero-order chi connectivity index (χ0) is 22.7. The van der Waals surface area contributed by atoms with Crippen LogP contribution in [-0.4, -0.2) is 55.4 Å². The van der Waals surface area contributed by atoms with E-state index < -0.39 is 5.82 Å². The molecule has 9 heteroatoms. The van der Waals surface area contributed by atoms with Gasteiger partial charge in [0.25, 0.3) is 5.91 Å². The van der Waals surface area contributed by atoms with Crippen LogP contribution in [0.1, 0.15) is 35.0 Å². The number of nitrogens with zero attached hydrogens (tertiary/aromatic N) is 3. The van der Waals surface area contributed by atoms with Crippen LogP contribution >= 0.6 is 0 Å². The summed E-state index contributed by atoms with van der Waals surface area (Å²) >= 11 is 0. The molecule has 1 unspecified atom stereocenters. The first-order chi connectivity index (χ1) is 15.5. The highest BCUT2D eigenvalue weighted by atomic mass is 19.1. The highest BCUT2D eigenvalue weighted by Crippen LogP contribution is 2.41. The number of amides is 1. The molecule has 0 saturated carbocycles. The third kappa shape index (κ3) is 4.23. The van der Waals surface area contributed by atoms with E-state index in [-0.39, 0.29) is 11.8 Å². The molecule has 32 heavy (non-hydrogen) atoms. The van der Waals surface area contributed by atoms with Gasteiger partial charge in [-0.3, -0.25) is 4.79 Å². The van der Waals surface area contributed by atoms with Crippen molar-refractivity contribution in [1.29, 1.82) is 0 Å². The van der Waals surface area contributed by atoms with Crippen LogP contribution in [0.2, 0.25) is 0 Å². The molecule has 1 aliphatic rings. The van der Waals surface area contributed by atoms with Crippen molar-refractivity contribution in [3.8, 4) is 28.6 Å². The van der Waals surface area contributed by atoms with Crippen LogP contribution in [0.3, 0.4) is 0 Å². The van der Waals surface area contributed by atoms with Gasteiger partial charge in [0.15, 0.2) is 11.5 Å². The first-order valence-electron chi connectivity index (χ1n) is 10.2. The average molecular weight is 441 g/mol. The molecule has 0 N–H and O–H groups in total. The van der Waals surface area contributed by atoms with Crippen molar-refractivity contribution in [2.75, 3.05) is 34.4 Å². The summed E-state index contributed by atoms with van der Waals surface area (Å²) in [5.41, 5.74) is 0.979. The predicted molar refractivity (Wildman–Crippen MR) is 114 cm³/mol. The second kappa shape index (κ2) is 9.25. The van der Waals surface area contributed by atoms with E-state index in [4.69, 9.17) is 18.7 Å². The molecule has 1 aliphatic heterocycles. The maximum atomic E-state index is 13.5. The van der Waals surface area contributed by atoms with Crippen LogP contribution in [-0.2, 0) is 0 Å². The molecule has 0 bridgehead atoms. The van der Waals surface area contributed by atoms with E-state index in [0.717, 1.165) is 12.8 Å². The minimum absolute atomic E-state index is 0.107. The van der Waals surface area contributed by atoms with Crippen LogP contribution in [0.4, 0.5) is 4.39 Å². The number of benzene rings is 2. The summed E-state index contributed by atoms with van der Waals surface area (Å²) in [6, 6.07) is 9.21. The number of piperidine rings is 1. The molecule has 8 nitrogen and oxygen atoms in total. The minimum atomic E-state index is -0.434. The molecule has 3 aromatic rings. The molecule has 1 atom stereocenters. The maximum Gasteiger partial charge on any atom is 0.253 e. The molecule has 0 spiro atoms. The number of ether oxygens (including phenoxy) is 3.